The zero-order valence-corrected chi connectivity index (χ0v) is 13.7. The van der Waals surface area contributed by atoms with Gasteiger partial charge in [0.2, 0.25) is 0 Å². The first-order chi connectivity index (χ1) is 9.93. The van der Waals surface area contributed by atoms with Crippen LogP contribution in [0.3, 0.4) is 0 Å². The molecular formula is C15H21ClFNO2S. The third kappa shape index (κ3) is 4.41. The Labute approximate surface area is 130 Å². The number of benzene rings is 1. The second-order valence-corrected chi connectivity index (χ2v) is 8.32. The molecule has 1 atom stereocenters. The molecule has 2 rings (SSSR count). The third-order valence-electron chi connectivity index (χ3n) is 4.09. The predicted octanol–water partition coefficient (Wildman–Crippen LogP) is 3.34. The Kier molecular flexibility index (Phi) is 5.63. The maximum absolute atomic E-state index is 14.1. The Hall–Kier alpha value is -0.650. The summed E-state index contributed by atoms with van der Waals surface area (Å²) in [6.07, 6.45) is 2.12. The topological polar surface area (TPSA) is 46.2 Å². The van der Waals surface area contributed by atoms with E-state index in [-0.39, 0.29) is 28.4 Å². The van der Waals surface area contributed by atoms with Crippen molar-refractivity contribution in [3.63, 3.8) is 0 Å². The Balaban J connectivity index is 1.96. The molecule has 1 heterocycles. The number of hydrogen-bond acceptors (Lipinski definition) is 3. The molecule has 0 aliphatic carbocycles. The summed E-state index contributed by atoms with van der Waals surface area (Å²) in [5, 5.41) is 3.49. The van der Waals surface area contributed by atoms with Gasteiger partial charge in [-0.3, -0.25) is 0 Å². The normalized spacial score (nSPS) is 20.3. The Morgan fingerprint density at radius 1 is 1.38 bits per heavy atom. The summed E-state index contributed by atoms with van der Waals surface area (Å²) in [4.78, 5) is 0. The average Bonchev–Trinajstić information content (AvgIpc) is 2.45. The third-order valence-corrected chi connectivity index (χ3v) is 6.10. The van der Waals surface area contributed by atoms with Gasteiger partial charge >= 0.3 is 0 Å². The summed E-state index contributed by atoms with van der Waals surface area (Å²) in [5.74, 6) is 0.498. The summed E-state index contributed by atoms with van der Waals surface area (Å²) in [6.45, 7) is 2.70. The number of halogens is 2. The van der Waals surface area contributed by atoms with Crippen molar-refractivity contribution in [3.8, 4) is 0 Å². The first-order valence-electron chi connectivity index (χ1n) is 7.30. The largest absolute Gasteiger partial charge is 0.310 e. The second kappa shape index (κ2) is 7.07. The van der Waals surface area contributed by atoms with Crippen molar-refractivity contribution in [2.24, 2.45) is 5.92 Å². The smallest absolute Gasteiger partial charge is 0.150 e. The van der Waals surface area contributed by atoms with Gasteiger partial charge in [0, 0.05) is 11.6 Å². The van der Waals surface area contributed by atoms with E-state index >= 15 is 0 Å². The fourth-order valence-electron chi connectivity index (χ4n) is 2.72. The van der Waals surface area contributed by atoms with Gasteiger partial charge in [0.05, 0.1) is 16.5 Å². The highest BCUT2D eigenvalue weighted by molar-refractivity contribution is 7.91. The highest BCUT2D eigenvalue weighted by Gasteiger charge is 2.24. The van der Waals surface area contributed by atoms with Gasteiger partial charge in [0.15, 0.2) is 0 Å². The molecule has 0 unspecified atom stereocenters. The maximum Gasteiger partial charge on any atom is 0.150 e. The van der Waals surface area contributed by atoms with Crippen molar-refractivity contribution >= 4 is 21.4 Å². The molecule has 1 aliphatic heterocycles. The number of rotatable bonds is 5. The molecule has 118 valence electrons. The van der Waals surface area contributed by atoms with Crippen molar-refractivity contribution in [1.29, 1.82) is 0 Å². The van der Waals surface area contributed by atoms with Crippen LogP contribution in [-0.2, 0) is 9.84 Å². The van der Waals surface area contributed by atoms with Gasteiger partial charge in [-0.05, 0) is 37.8 Å². The van der Waals surface area contributed by atoms with E-state index in [0.717, 1.165) is 6.42 Å². The Morgan fingerprint density at radius 2 is 2.05 bits per heavy atom. The standard InChI is InChI=1S/C15H21ClFNO2S/c1-2-14(12-4-3-5-13(16)15(12)17)18-10-11-6-8-21(19,20)9-7-11/h3-5,11,14,18H,2,6-10H2,1H3/t14-/m0/s1. The molecule has 0 aromatic heterocycles. The molecule has 1 aromatic carbocycles. The van der Waals surface area contributed by atoms with Gasteiger partial charge in [-0.1, -0.05) is 30.7 Å². The zero-order chi connectivity index (χ0) is 15.5. The van der Waals surface area contributed by atoms with Crippen molar-refractivity contribution < 1.29 is 12.8 Å². The van der Waals surface area contributed by atoms with Crippen LogP contribution in [0.5, 0.6) is 0 Å². The Morgan fingerprint density at radius 3 is 2.67 bits per heavy atom. The zero-order valence-electron chi connectivity index (χ0n) is 12.1. The number of hydrogen-bond donors (Lipinski definition) is 1. The van der Waals surface area contributed by atoms with Crippen LogP contribution in [0.4, 0.5) is 4.39 Å². The SMILES string of the molecule is CC[C@H](NCC1CCS(=O)(=O)CC1)c1cccc(Cl)c1F. The first-order valence-corrected chi connectivity index (χ1v) is 9.50. The minimum atomic E-state index is -2.83. The molecule has 1 aromatic rings. The number of nitrogens with one attached hydrogen (secondary N) is 1. The minimum Gasteiger partial charge on any atom is -0.310 e. The van der Waals surface area contributed by atoms with E-state index in [0.29, 0.717) is 30.9 Å². The van der Waals surface area contributed by atoms with Gasteiger partial charge in [0.25, 0.3) is 0 Å². The molecule has 3 nitrogen and oxygen atoms in total. The van der Waals surface area contributed by atoms with Crippen LogP contribution in [0.25, 0.3) is 0 Å². The molecule has 6 heteroatoms. The van der Waals surface area contributed by atoms with Crippen LogP contribution < -0.4 is 5.32 Å². The molecule has 1 fully saturated rings. The van der Waals surface area contributed by atoms with Crippen LogP contribution in [0.15, 0.2) is 18.2 Å². The summed E-state index contributed by atoms with van der Waals surface area (Å²) in [7, 11) is -2.83. The monoisotopic (exact) mass is 333 g/mol. The molecule has 1 N–H and O–H groups in total. The highest BCUT2D eigenvalue weighted by Crippen LogP contribution is 2.26. The lowest BCUT2D eigenvalue weighted by Gasteiger charge is -2.25. The lowest BCUT2D eigenvalue weighted by molar-refractivity contribution is 0.391. The van der Waals surface area contributed by atoms with Gasteiger partial charge < -0.3 is 5.32 Å². The second-order valence-electron chi connectivity index (χ2n) is 5.61. The van der Waals surface area contributed by atoms with Crippen molar-refractivity contribution in [2.75, 3.05) is 18.1 Å². The predicted molar refractivity (Wildman–Crippen MR) is 83.8 cm³/mol. The highest BCUT2D eigenvalue weighted by atomic mass is 35.5. The quantitative estimate of drug-likeness (QED) is 0.899. The fraction of sp³-hybridized carbons (Fsp3) is 0.600. The van der Waals surface area contributed by atoms with E-state index in [1.807, 2.05) is 6.92 Å². The molecule has 21 heavy (non-hydrogen) atoms. The summed E-state index contributed by atoms with van der Waals surface area (Å²) in [5.41, 5.74) is 0.577. The molecule has 0 spiro atoms. The molecule has 0 amide bonds. The lowest BCUT2D eigenvalue weighted by atomic mass is 9.99. The van der Waals surface area contributed by atoms with E-state index in [9.17, 15) is 12.8 Å². The van der Waals surface area contributed by atoms with Crippen LogP contribution in [0.2, 0.25) is 5.02 Å². The molecule has 1 aliphatic rings. The van der Waals surface area contributed by atoms with Crippen LogP contribution in [0.1, 0.15) is 37.8 Å². The van der Waals surface area contributed by atoms with Crippen LogP contribution in [0, 0.1) is 11.7 Å². The van der Waals surface area contributed by atoms with Crippen molar-refractivity contribution in [1.82, 2.24) is 5.32 Å². The van der Waals surface area contributed by atoms with Gasteiger partial charge in [-0.2, -0.15) is 0 Å². The molecule has 0 radical (unpaired) electrons. The minimum absolute atomic E-state index is 0.0952. The Bertz CT molecular complexity index is 577. The fourth-order valence-corrected chi connectivity index (χ4v) is 4.49. The molecule has 0 saturated carbocycles. The van der Waals surface area contributed by atoms with E-state index in [4.69, 9.17) is 11.6 Å². The van der Waals surface area contributed by atoms with Crippen molar-refractivity contribution in [3.05, 3.63) is 34.6 Å². The maximum atomic E-state index is 14.1. The molecular weight excluding hydrogens is 313 g/mol. The average molecular weight is 334 g/mol. The van der Waals surface area contributed by atoms with E-state index in [1.165, 1.54) is 0 Å². The molecule has 1 saturated heterocycles. The van der Waals surface area contributed by atoms with Crippen LogP contribution >= 0.6 is 11.6 Å². The van der Waals surface area contributed by atoms with Crippen LogP contribution in [-0.4, -0.2) is 26.5 Å². The summed E-state index contributed by atoms with van der Waals surface area (Å²) < 4.78 is 36.9. The van der Waals surface area contributed by atoms with Gasteiger partial charge in [-0.25, -0.2) is 12.8 Å². The van der Waals surface area contributed by atoms with E-state index < -0.39 is 9.84 Å². The first kappa shape index (κ1) is 16.7. The summed E-state index contributed by atoms with van der Waals surface area (Å²) in [6, 6.07) is 4.94. The van der Waals surface area contributed by atoms with E-state index in [2.05, 4.69) is 5.32 Å². The number of sulfone groups is 1. The molecule has 0 bridgehead atoms. The van der Waals surface area contributed by atoms with E-state index in [1.54, 1.807) is 18.2 Å². The lowest BCUT2D eigenvalue weighted by Crippen LogP contribution is -2.33. The van der Waals surface area contributed by atoms with Gasteiger partial charge in [-0.15, -0.1) is 0 Å². The van der Waals surface area contributed by atoms with Gasteiger partial charge in [0.1, 0.15) is 15.7 Å². The summed E-state index contributed by atoms with van der Waals surface area (Å²) >= 11 is 5.83. The van der Waals surface area contributed by atoms with Crippen molar-refractivity contribution in [2.45, 2.75) is 32.2 Å².